The summed E-state index contributed by atoms with van der Waals surface area (Å²) in [6, 6.07) is 0. The topological polar surface area (TPSA) is 326 Å². The Morgan fingerprint density at radius 1 is 0.520 bits per heavy atom. The minimum Gasteiger partial charge on any atom is -0.396 e. The fourth-order valence-corrected chi connectivity index (χ4v) is 17.1. The van der Waals surface area contributed by atoms with E-state index < -0.39 is 148 Å². The zero-order valence-corrected chi connectivity index (χ0v) is 44.7. The molecule has 0 amide bonds. The lowest BCUT2D eigenvalue weighted by atomic mass is 9.32. The van der Waals surface area contributed by atoms with Crippen LogP contribution in [-0.4, -0.2) is 222 Å². The molecule has 2 bridgehead atoms. The number of aliphatic hydroxyl groups is 12. The molecule has 21 nitrogen and oxygen atoms in total. The third-order valence-electron chi connectivity index (χ3n) is 22.1. The highest BCUT2D eigenvalue weighted by molar-refractivity contribution is 5.35. The molecule has 10 aliphatic rings. The van der Waals surface area contributed by atoms with Gasteiger partial charge in [-0.25, -0.2) is 0 Å². The Balaban J connectivity index is 0.932. The van der Waals surface area contributed by atoms with Gasteiger partial charge in [-0.3, -0.25) is 0 Å². The number of aliphatic hydroxyl groups excluding tert-OH is 12. The lowest BCUT2D eigenvalue weighted by Gasteiger charge is -2.73. The van der Waals surface area contributed by atoms with E-state index >= 15 is 0 Å². The number of fused-ring (bicyclic) bond motifs is 4. The van der Waals surface area contributed by atoms with Gasteiger partial charge in [-0.2, -0.15) is 0 Å². The van der Waals surface area contributed by atoms with Crippen molar-refractivity contribution in [2.45, 2.75) is 248 Å². The standard InChI is InChI=1S/C54H88O21/c1-24-32(58)35(61)38(64)44(68-24)73-41-27(21-56)71-46(40(66)37(41)63)74-42-33(59)25(2)69-47(43(42)75-45-39(65)36(62)34(60)26(20-55)70-45)72-31-11-12-49(5)28(50(31,6)22-57)9-13-51(7)29(49)10-14-54-30-19-48(3,4)15-17-53(30,23-67-54)18-16-52(51,54)8/h10,14,24-47,55-66H,9,11-13,15-23H2,1-8H3/t24-,25-,26-,27-,28+,29-,30-,31+,32+,33+,34-,35-,36+,37-,38-,39-,40-,41-,42+,43-,44-,45+,46+,47+,49+,50+,51-,52+,53-,54+/m1/s1. The summed E-state index contributed by atoms with van der Waals surface area (Å²) >= 11 is 0. The van der Waals surface area contributed by atoms with E-state index in [2.05, 4.69) is 46.8 Å². The van der Waals surface area contributed by atoms with Crippen LogP contribution in [0, 0.1) is 50.2 Å². The molecule has 5 aliphatic carbocycles. The van der Waals surface area contributed by atoms with Crippen molar-refractivity contribution < 1.29 is 104 Å². The molecule has 5 saturated heterocycles. The first-order chi connectivity index (χ1) is 35.2. The maximum atomic E-state index is 12.0. The van der Waals surface area contributed by atoms with Gasteiger partial charge in [0.15, 0.2) is 25.2 Å². The monoisotopic (exact) mass is 1070 g/mol. The summed E-state index contributed by atoms with van der Waals surface area (Å²) in [7, 11) is 0. The lowest BCUT2D eigenvalue weighted by molar-refractivity contribution is -0.403. The third-order valence-corrected chi connectivity index (χ3v) is 22.1. The summed E-state index contributed by atoms with van der Waals surface area (Å²) in [5.41, 5.74) is -1.37. The Morgan fingerprint density at radius 3 is 1.76 bits per heavy atom. The van der Waals surface area contributed by atoms with Gasteiger partial charge < -0.3 is 104 Å². The second-order valence-corrected chi connectivity index (χ2v) is 26.5. The Labute approximate surface area is 439 Å². The lowest BCUT2D eigenvalue weighted by Crippen LogP contribution is -2.71. The van der Waals surface area contributed by atoms with Crippen LogP contribution in [0.2, 0.25) is 0 Å². The Bertz CT molecular complexity index is 2070. The molecule has 0 aromatic rings. The van der Waals surface area contributed by atoms with Gasteiger partial charge in [0.2, 0.25) is 0 Å². The first-order valence-corrected chi connectivity index (χ1v) is 27.7. The molecule has 0 aromatic carbocycles. The molecule has 12 N–H and O–H groups in total. The molecule has 75 heavy (non-hydrogen) atoms. The zero-order valence-electron chi connectivity index (χ0n) is 44.7. The van der Waals surface area contributed by atoms with Crippen LogP contribution in [0.5, 0.6) is 0 Å². The highest BCUT2D eigenvalue weighted by Gasteiger charge is 2.77. The van der Waals surface area contributed by atoms with E-state index in [0.29, 0.717) is 18.8 Å². The summed E-state index contributed by atoms with van der Waals surface area (Å²) in [6.45, 7) is 16.1. The van der Waals surface area contributed by atoms with Crippen LogP contribution in [0.3, 0.4) is 0 Å². The quantitative estimate of drug-likeness (QED) is 0.0915. The van der Waals surface area contributed by atoms with E-state index in [0.717, 1.165) is 38.7 Å². The van der Waals surface area contributed by atoms with Crippen LogP contribution in [0.4, 0.5) is 0 Å². The van der Waals surface area contributed by atoms with Gasteiger partial charge in [0.05, 0.1) is 50.3 Å². The van der Waals surface area contributed by atoms with Gasteiger partial charge in [-0.05, 0) is 105 Å². The summed E-state index contributed by atoms with van der Waals surface area (Å²) in [5, 5.41) is 132. The number of hydrogen-bond acceptors (Lipinski definition) is 21. The minimum atomic E-state index is -1.99. The molecule has 4 saturated carbocycles. The highest BCUT2D eigenvalue weighted by Crippen LogP contribution is 2.79. The number of ether oxygens (including phenoxy) is 9. The van der Waals surface area contributed by atoms with Gasteiger partial charge in [-0.1, -0.05) is 53.7 Å². The molecule has 21 heteroatoms. The summed E-state index contributed by atoms with van der Waals surface area (Å²) in [5.74, 6) is 0.524. The Kier molecular flexibility index (Phi) is 15.3. The highest BCUT2D eigenvalue weighted by atomic mass is 16.8. The van der Waals surface area contributed by atoms with Crippen LogP contribution in [0.1, 0.15) is 113 Å². The van der Waals surface area contributed by atoms with Crippen molar-refractivity contribution in [3.8, 4) is 0 Å². The number of allylic oxidation sites excluding steroid dienone is 1. The molecule has 430 valence electrons. The molecular formula is C54H88O21. The van der Waals surface area contributed by atoms with Gasteiger partial charge in [0.25, 0.3) is 0 Å². The van der Waals surface area contributed by atoms with Crippen molar-refractivity contribution in [1.29, 1.82) is 0 Å². The smallest absolute Gasteiger partial charge is 0.187 e. The average molecular weight is 1070 g/mol. The molecule has 10 rings (SSSR count). The van der Waals surface area contributed by atoms with Crippen molar-refractivity contribution in [3.05, 3.63) is 12.2 Å². The largest absolute Gasteiger partial charge is 0.396 e. The second kappa shape index (κ2) is 20.1. The van der Waals surface area contributed by atoms with E-state index in [1.54, 1.807) is 6.92 Å². The normalized spacial score (nSPS) is 58.3. The Hall–Kier alpha value is -1.10. The molecule has 5 heterocycles. The second-order valence-electron chi connectivity index (χ2n) is 26.5. The fourth-order valence-electron chi connectivity index (χ4n) is 17.1. The van der Waals surface area contributed by atoms with Crippen LogP contribution in [-0.2, 0) is 42.6 Å². The Morgan fingerprint density at radius 2 is 1.09 bits per heavy atom. The van der Waals surface area contributed by atoms with E-state index in [-0.39, 0.29) is 51.1 Å². The van der Waals surface area contributed by atoms with E-state index in [9.17, 15) is 61.3 Å². The predicted octanol–water partition coefficient (Wildman–Crippen LogP) is -0.518. The summed E-state index contributed by atoms with van der Waals surface area (Å²) in [4.78, 5) is 0. The molecule has 0 unspecified atom stereocenters. The molecule has 9 fully saturated rings. The number of hydrogen-bond donors (Lipinski definition) is 12. The van der Waals surface area contributed by atoms with Crippen molar-refractivity contribution in [2.75, 3.05) is 26.4 Å². The van der Waals surface area contributed by atoms with E-state index in [1.165, 1.54) is 19.8 Å². The predicted molar refractivity (Wildman–Crippen MR) is 259 cm³/mol. The molecular weight excluding hydrogens is 985 g/mol. The van der Waals surface area contributed by atoms with E-state index in [1.807, 2.05) is 6.92 Å². The van der Waals surface area contributed by atoms with Gasteiger partial charge in [0, 0.05) is 16.7 Å². The average Bonchev–Trinajstić information content (AvgIpc) is 3.63. The summed E-state index contributed by atoms with van der Waals surface area (Å²) < 4.78 is 56.6. The van der Waals surface area contributed by atoms with Crippen LogP contribution < -0.4 is 0 Å². The van der Waals surface area contributed by atoms with Crippen molar-refractivity contribution in [3.63, 3.8) is 0 Å². The van der Waals surface area contributed by atoms with Crippen LogP contribution in [0.15, 0.2) is 12.2 Å². The summed E-state index contributed by atoms with van der Waals surface area (Å²) in [6.07, 6.45) is -19.8. The molecule has 30 atom stereocenters. The maximum absolute atomic E-state index is 12.0. The first-order valence-electron chi connectivity index (χ1n) is 27.7. The fraction of sp³-hybridized carbons (Fsp3) is 0.963. The molecule has 0 radical (unpaired) electrons. The minimum absolute atomic E-state index is 0.0621. The van der Waals surface area contributed by atoms with Gasteiger partial charge >= 0.3 is 0 Å². The van der Waals surface area contributed by atoms with Gasteiger partial charge in [-0.15, -0.1) is 0 Å². The third kappa shape index (κ3) is 8.64. The van der Waals surface area contributed by atoms with Crippen molar-refractivity contribution in [1.82, 2.24) is 0 Å². The van der Waals surface area contributed by atoms with Crippen LogP contribution >= 0.6 is 0 Å². The van der Waals surface area contributed by atoms with E-state index in [4.69, 9.17) is 42.6 Å². The zero-order chi connectivity index (χ0) is 54.3. The SMILES string of the molecule is C[C@H]1O[C@H](O[C@H]2[C@H](O)[C@@H](O)[C@H](O[C@H]3[C@@H](O)[C@@H](C)O[C@@H](O[C@H]4CC[C@@]5(C)[C@H](CC[C@]6(C)[C@@H]5C=C[C@]57OC[C@@]8(CCC(C)(C)C[C@H]85)CC[C@]76C)[C@]4(C)CO)[C@@H]3O[C@@H]3O[C@H](CO)[C@@H](O)[C@H](O)[C@H]3O)O[C@@H]2CO)[C@H](O)[C@H](O)[C@H]1O. The molecule has 0 aromatic heterocycles. The molecule has 1 spiro atoms. The number of rotatable bonds is 11. The van der Waals surface area contributed by atoms with Gasteiger partial charge in [0.1, 0.15) is 85.5 Å². The van der Waals surface area contributed by atoms with Crippen molar-refractivity contribution in [2.24, 2.45) is 50.2 Å². The first kappa shape index (κ1) is 57.1. The van der Waals surface area contributed by atoms with Crippen molar-refractivity contribution >= 4 is 0 Å². The maximum Gasteiger partial charge on any atom is 0.187 e. The van der Waals surface area contributed by atoms with Crippen LogP contribution in [0.25, 0.3) is 0 Å². The molecule has 5 aliphatic heterocycles.